The van der Waals surface area contributed by atoms with Gasteiger partial charge < -0.3 is 54.7 Å². The Labute approximate surface area is 360 Å². The van der Waals surface area contributed by atoms with Crippen molar-refractivity contribution >= 4 is 22.5 Å². The van der Waals surface area contributed by atoms with Crippen LogP contribution in [0.15, 0.2) is 34.9 Å². The van der Waals surface area contributed by atoms with Crippen molar-refractivity contribution in [3.63, 3.8) is 0 Å². The summed E-state index contributed by atoms with van der Waals surface area (Å²) in [4.78, 5) is 25.1. The van der Waals surface area contributed by atoms with Crippen molar-refractivity contribution < 1.29 is 64.3 Å². The Hall–Kier alpha value is -3.56. The lowest BCUT2D eigenvalue weighted by Gasteiger charge is -2.64. The van der Waals surface area contributed by atoms with Crippen LogP contribution in [-0.2, 0) is 14.2 Å². The number of rotatable bonds is 6. The first kappa shape index (κ1) is 41.2. The number of aliphatic hydroxyl groups is 4. The third-order valence-corrected chi connectivity index (χ3v) is 18.0. The third kappa shape index (κ3) is 5.64. The standard InChI is InChI=1S/C49H60O13/c1-23-35(24(2)51)40(54)37-28(39(23)53)15-25(44(57)58)16-34(37)60-45-41(55)42(56)49-19-29-30-18-47(12-11-46(21-47)9-3-4-10-46)17-26-20-59-22-48(13-14-50,38(26)30)31-6-5-27(36(29)31)33(62-49)8-7-32(52)43(49)61-45/h6,15-16,26,29-30,32-33,38,41-43,45,50,52-56H,3-5,7-14,17-22H2,1-2H3,(H,57,58)/t26-,29+,30+,32+,33-,38-,41-,42-,43-,45-,47-,48+,49+/m1/s1. The first-order chi connectivity index (χ1) is 29.7. The average molecular weight is 857 g/mol. The van der Waals surface area contributed by atoms with Gasteiger partial charge in [-0.2, -0.15) is 0 Å². The van der Waals surface area contributed by atoms with Crippen molar-refractivity contribution in [2.75, 3.05) is 19.8 Å². The van der Waals surface area contributed by atoms with Crippen molar-refractivity contribution in [1.29, 1.82) is 0 Å². The summed E-state index contributed by atoms with van der Waals surface area (Å²) >= 11 is 0. The summed E-state index contributed by atoms with van der Waals surface area (Å²) in [5, 5.41) is 80.4. The molecule has 0 aromatic heterocycles. The van der Waals surface area contributed by atoms with Crippen molar-refractivity contribution in [2.45, 2.75) is 146 Å². The number of carboxylic acid groups (broad SMARTS) is 1. The van der Waals surface area contributed by atoms with Crippen LogP contribution in [0.3, 0.4) is 0 Å². The van der Waals surface area contributed by atoms with Crippen LogP contribution in [0.5, 0.6) is 17.2 Å². The van der Waals surface area contributed by atoms with E-state index in [9.17, 15) is 45.3 Å². The Balaban J connectivity index is 1.01. The molecule has 62 heavy (non-hydrogen) atoms. The molecular weight excluding hydrogens is 797 g/mol. The van der Waals surface area contributed by atoms with Gasteiger partial charge in [0.15, 0.2) is 5.78 Å². The van der Waals surface area contributed by atoms with Gasteiger partial charge in [0.25, 0.3) is 0 Å². The van der Waals surface area contributed by atoms with E-state index in [1.165, 1.54) is 76.0 Å². The number of ketones is 1. The summed E-state index contributed by atoms with van der Waals surface area (Å²) in [5.41, 5.74) is 1.87. The number of aromatic carboxylic acids is 1. The van der Waals surface area contributed by atoms with Crippen LogP contribution in [0.2, 0.25) is 0 Å². The van der Waals surface area contributed by atoms with Crippen molar-refractivity contribution in [3.8, 4) is 17.2 Å². The molecule has 3 saturated heterocycles. The minimum absolute atomic E-state index is 0.0498. The molecule has 7 fully saturated rings. The van der Waals surface area contributed by atoms with Gasteiger partial charge in [0.2, 0.25) is 6.29 Å². The SMILES string of the molecule is CC(=O)c1c(C)c(O)c2cc(C(=O)O)cc(O[C@@H]3O[C@@H]4[C@@H](O)CC[C@H]5O[C@@]4(C[C@@H]4C6=C5CC=C6[C@]5(CCO)COC[C@H]6C[C@]7(CCC8(CCCC8)C7)C[C@@H]4[C@@H]65)[C@H](O)[C@H]3O)c2c1O. The molecular formula is C49H60O13. The van der Waals surface area contributed by atoms with Crippen LogP contribution in [0.1, 0.15) is 123 Å². The fraction of sp³-hybridized carbons (Fsp3) is 0.673. The Morgan fingerprint density at radius 1 is 0.968 bits per heavy atom. The number of allylic oxidation sites excluding steroid dienone is 2. The number of phenols is 2. The van der Waals surface area contributed by atoms with Gasteiger partial charge in [0.1, 0.15) is 41.2 Å². The molecule has 13 nitrogen and oxygen atoms in total. The number of carbonyl (C=O) groups is 2. The number of benzene rings is 2. The predicted molar refractivity (Wildman–Crippen MR) is 223 cm³/mol. The smallest absolute Gasteiger partial charge is 0.335 e. The van der Waals surface area contributed by atoms with Crippen LogP contribution in [0.4, 0.5) is 0 Å². The van der Waals surface area contributed by atoms with Crippen LogP contribution >= 0.6 is 0 Å². The number of Topliss-reactive ketones (excluding diaryl/α,β-unsaturated/α-hetero) is 1. The molecule has 4 heterocycles. The van der Waals surface area contributed by atoms with Gasteiger partial charge >= 0.3 is 5.97 Å². The molecule has 4 aliphatic heterocycles. The minimum Gasteiger partial charge on any atom is -0.507 e. The molecule has 4 saturated carbocycles. The monoisotopic (exact) mass is 856 g/mol. The van der Waals surface area contributed by atoms with E-state index in [0.717, 1.165) is 24.5 Å². The number of carboxylic acids is 1. The molecule has 5 aliphatic carbocycles. The number of aromatic hydroxyl groups is 2. The zero-order valence-corrected chi connectivity index (χ0v) is 35.6. The lowest BCUT2D eigenvalue weighted by atomic mass is 9.42. The summed E-state index contributed by atoms with van der Waals surface area (Å²) in [6.07, 6.45) is 7.68. The van der Waals surface area contributed by atoms with Crippen molar-refractivity contribution in [2.24, 2.45) is 39.9 Å². The van der Waals surface area contributed by atoms with Crippen LogP contribution in [-0.4, -0.2) is 110 Å². The largest absolute Gasteiger partial charge is 0.507 e. The highest BCUT2D eigenvalue weighted by Crippen LogP contribution is 2.73. The van der Waals surface area contributed by atoms with E-state index in [-0.39, 0.29) is 81.2 Å². The maximum atomic E-state index is 12.7. The van der Waals surface area contributed by atoms with Crippen LogP contribution in [0.25, 0.3) is 10.8 Å². The highest BCUT2D eigenvalue weighted by atomic mass is 16.7. The van der Waals surface area contributed by atoms with E-state index in [0.29, 0.717) is 43.8 Å². The van der Waals surface area contributed by atoms with Gasteiger partial charge in [-0.25, -0.2) is 4.79 Å². The maximum absolute atomic E-state index is 12.7. The van der Waals surface area contributed by atoms with E-state index in [4.69, 9.17) is 18.9 Å². The molecule has 9 aliphatic rings. The first-order valence-corrected chi connectivity index (χ1v) is 23.1. The van der Waals surface area contributed by atoms with Gasteiger partial charge in [-0.05, 0) is 154 Å². The average Bonchev–Trinajstić information content (AvgIpc) is 3.94. The summed E-state index contributed by atoms with van der Waals surface area (Å²) < 4.78 is 26.8. The molecule has 3 spiro atoms. The lowest BCUT2D eigenvalue weighted by Crippen LogP contribution is -2.71. The highest BCUT2D eigenvalue weighted by molar-refractivity contribution is 6.11. The molecule has 0 unspecified atom stereocenters. The summed E-state index contributed by atoms with van der Waals surface area (Å²) in [5.74, 6) is -2.54. The van der Waals surface area contributed by atoms with E-state index in [2.05, 4.69) is 6.08 Å². The number of hydrogen-bond acceptors (Lipinski definition) is 12. The molecule has 13 atom stereocenters. The van der Waals surface area contributed by atoms with Crippen molar-refractivity contribution in [1.82, 2.24) is 0 Å². The van der Waals surface area contributed by atoms with E-state index < -0.39 is 65.7 Å². The Morgan fingerprint density at radius 3 is 2.48 bits per heavy atom. The van der Waals surface area contributed by atoms with Crippen LogP contribution < -0.4 is 4.74 Å². The molecule has 11 rings (SSSR count). The Kier molecular flexibility index (Phi) is 9.44. The molecule has 0 radical (unpaired) electrons. The predicted octanol–water partition coefficient (Wildman–Crippen LogP) is 6.00. The number of hydrogen-bond donors (Lipinski definition) is 7. The lowest BCUT2D eigenvalue weighted by molar-refractivity contribution is -0.336. The summed E-state index contributed by atoms with van der Waals surface area (Å²) in [6.45, 7) is 3.96. The molecule has 2 bridgehead atoms. The van der Waals surface area contributed by atoms with E-state index >= 15 is 0 Å². The third-order valence-electron chi connectivity index (χ3n) is 18.0. The fourth-order valence-corrected chi connectivity index (χ4v) is 15.9. The molecule has 0 amide bonds. The second-order valence-corrected chi connectivity index (χ2v) is 21.1. The van der Waals surface area contributed by atoms with Gasteiger partial charge in [-0.15, -0.1) is 0 Å². The van der Waals surface area contributed by atoms with Crippen LogP contribution in [0, 0.1) is 46.8 Å². The molecule has 2 aromatic rings. The van der Waals surface area contributed by atoms with Gasteiger partial charge in [0.05, 0.1) is 35.3 Å². The zero-order chi connectivity index (χ0) is 43.2. The van der Waals surface area contributed by atoms with Gasteiger partial charge in [-0.1, -0.05) is 18.9 Å². The fourth-order valence-electron chi connectivity index (χ4n) is 15.9. The number of aliphatic hydroxyl groups excluding tert-OH is 4. The molecule has 13 heteroatoms. The van der Waals surface area contributed by atoms with Gasteiger partial charge in [0, 0.05) is 29.6 Å². The minimum atomic E-state index is -1.78. The summed E-state index contributed by atoms with van der Waals surface area (Å²) in [6, 6.07) is 2.28. The maximum Gasteiger partial charge on any atom is 0.335 e. The topological polar surface area (TPSA) is 213 Å². The molecule has 7 N–H and O–H groups in total. The van der Waals surface area contributed by atoms with Gasteiger partial charge in [-0.3, -0.25) is 4.79 Å². The second kappa shape index (κ2) is 14.2. The van der Waals surface area contributed by atoms with Crippen molar-refractivity contribution in [3.05, 3.63) is 51.6 Å². The Morgan fingerprint density at radius 2 is 1.74 bits per heavy atom. The first-order valence-electron chi connectivity index (χ1n) is 23.1. The normalized spacial score (nSPS) is 41.4. The zero-order valence-electron chi connectivity index (χ0n) is 35.6. The number of fused-ring (bicyclic) bond motifs is 5. The number of carbonyl (C=O) groups excluding carboxylic acids is 1. The molecule has 2 aromatic carbocycles. The van der Waals surface area contributed by atoms with E-state index in [1.807, 2.05) is 0 Å². The number of phenolic OH excluding ortho intramolecular Hbond substituents is 2. The van der Waals surface area contributed by atoms with E-state index in [1.54, 1.807) is 0 Å². The summed E-state index contributed by atoms with van der Waals surface area (Å²) in [7, 11) is 0. The quantitative estimate of drug-likeness (QED) is 0.132. The number of ether oxygens (including phenoxy) is 4. The Bertz CT molecular complexity index is 2310. The second-order valence-electron chi connectivity index (χ2n) is 21.1. The molecule has 334 valence electrons. The highest BCUT2D eigenvalue weighted by Gasteiger charge is 2.69.